The molecule has 2 aliphatic heterocycles. The van der Waals surface area contributed by atoms with E-state index in [2.05, 4.69) is 15.5 Å². The molecule has 0 radical (unpaired) electrons. The van der Waals surface area contributed by atoms with Crippen molar-refractivity contribution in [3.8, 4) is 16.5 Å². The lowest BCUT2D eigenvalue weighted by molar-refractivity contribution is -0.140. The monoisotopic (exact) mass is 497 g/mol. The molecule has 11 nitrogen and oxygen atoms in total. The number of ether oxygens (including phenoxy) is 2. The third-order valence-corrected chi connectivity index (χ3v) is 6.85. The highest BCUT2D eigenvalue weighted by Gasteiger charge is 2.55. The van der Waals surface area contributed by atoms with E-state index in [1.165, 1.54) is 23.3 Å². The lowest BCUT2D eigenvalue weighted by Gasteiger charge is -2.33. The number of aromatic nitrogens is 2. The van der Waals surface area contributed by atoms with Crippen LogP contribution < -0.4 is 10.1 Å². The third kappa shape index (κ3) is 4.26. The summed E-state index contributed by atoms with van der Waals surface area (Å²) in [5.41, 5.74) is -0.658. The molecule has 1 aromatic carbocycles. The molecule has 1 atom stereocenters. The van der Waals surface area contributed by atoms with Crippen LogP contribution >= 0.6 is 11.3 Å². The first kappa shape index (κ1) is 23.0. The summed E-state index contributed by atoms with van der Waals surface area (Å²) in [6.45, 7) is 0.343. The van der Waals surface area contributed by atoms with Gasteiger partial charge in [0.2, 0.25) is 11.8 Å². The first-order chi connectivity index (χ1) is 17.0. The number of urea groups is 1. The summed E-state index contributed by atoms with van der Waals surface area (Å²) in [4.78, 5) is 42.8. The molecule has 12 heteroatoms. The highest BCUT2D eigenvalue weighted by molar-refractivity contribution is 7.13. The van der Waals surface area contributed by atoms with Gasteiger partial charge in [-0.05, 0) is 17.5 Å². The first-order valence-electron chi connectivity index (χ1n) is 11.0. The van der Waals surface area contributed by atoms with E-state index in [1.54, 1.807) is 24.3 Å². The molecule has 0 unspecified atom stereocenters. The first-order valence-corrected chi connectivity index (χ1v) is 11.9. The van der Waals surface area contributed by atoms with E-state index >= 15 is 0 Å². The molecule has 0 saturated carbocycles. The van der Waals surface area contributed by atoms with Crippen LogP contribution in [0.2, 0.25) is 0 Å². The Morgan fingerprint density at radius 3 is 2.91 bits per heavy atom. The molecular weight excluding hydrogens is 474 g/mol. The normalized spacial score (nSPS) is 18.9. The predicted octanol–water partition coefficient (Wildman–Crippen LogP) is 2.00. The van der Waals surface area contributed by atoms with Gasteiger partial charge in [-0.15, -0.1) is 21.5 Å². The molecule has 4 heterocycles. The Hall–Kier alpha value is -3.77. The minimum Gasteiger partial charge on any atom is -0.493 e. The predicted molar refractivity (Wildman–Crippen MR) is 123 cm³/mol. The SMILES string of the molecule is COCCN(Cc1nnc(-c2cccs2)o1)C(=O)CN1C(=O)N[C@@]2(CCOc3ccccc32)C1=O. The van der Waals surface area contributed by atoms with Crippen molar-refractivity contribution in [1.29, 1.82) is 0 Å². The number of hydrogen-bond donors (Lipinski definition) is 1. The Labute approximate surface area is 204 Å². The number of thiophene rings is 1. The van der Waals surface area contributed by atoms with Gasteiger partial charge in [-0.3, -0.25) is 14.5 Å². The van der Waals surface area contributed by atoms with Crippen molar-refractivity contribution in [2.45, 2.75) is 18.5 Å². The summed E-state index contributed by atoms with van der Waals surface area (Å²) in [7, 11) is 1.52. The molecule has 1 N–H and O–H groups in total. The van der Waals surface area contributed by atoms with Gasteiger partial charge in [0.15, 0.2) is 5.54 Å². The zero-order valence-corrected chi connectivity index (χ0v) is 19.7. The molecule has 1 spiro atoms. The van der Waals surface area contributed by atoms with Gasteiger partial charge in [0.1, 0.15) is 12.3 Å². The Bertz CT molecular complexity index is 1240. The number of nitrogens with one attached hydrogen (secondary N) is 1. The fourth-order valence-electron chi connectivity index (χ4n) is 4.22. The Balaban J connectivity index is 1.33. The maximum absolute atomic E-state index is 13.5. The number of hydrogen-bond acceptors (Lipinski definition) is 9. The maximum atomic E-state index is 13.5. The molecule has 0 bridgehead atoms. The van der Waals surface area contributed by atoms with Crippen molar-refractivity contribution in [1.82, 2.24) is 25.3 Å². The fourth-order valence-corrected chi connectivity index (χ4v) is 4.87. The number of carbonyl (C=O) groups excluding carboxylic acids is 3. The molecule has 5 rings (SSSR count). The molecule has 0 aliphatic carbocycles. The van der Waals surface area contributed by atoms with Crippen LogP contribution in [0.5, 0.6) is 5.75 Å². The summed E-state index contributed by atoms with van der Waals surface area (Å²) in [6, 6.07) is 10.2. The fraction of sp³-hybridized carbons (Fsp3) is 0.348. The highest BCUT2D eigenvalue weighted by Crippen LogP contribution is 2.40. The van der Waals surface area contributed by atoms with E-state index in [1.807, 2.05) is 17.5 Å². The minimum atomic E-state index is -1.24. The van der Waals surface area contributed by atoms with Gasteiger partial charge >= 0.3 is 6.03 Å². The van der Waals surface area contributed by atoms with Crippen LogP contribution in [0.25, 0.3) is 10.8 Å². The quantitative estimate of drug-likeness (QED) is 0.468. The number of nitrogens with zero attached hydrogens (tertiary/aromatic N) is 4. The van der Waals surface area contributed by atoms with E-state index < -0.39 is 29.9 Å². The van der Waals surface area contributed by atoms with Crippen LogP contribution in [-0.2, 0) is 26.4 Å². The number of benzene rings is 1. The Morgan fingerprint density at radius 1 is 1.26 bits per heavy atom. The average Bonchev–Trinajstić information content (AvgIpc) is 3.60. The molecule has 182 valence electrons. The van der Waals surface area contributed by atoms with E-state index in [9.17, 15) is 14.4 Å². The molecule has 35 heavy (non-hydrogen) atoms. The Kier molecular flexibility index (Phi) is 6.22. The van der Waals surface area contributed by atoms with Crippen molar-refractivity contribution >= 4 is 29.2 Å². The second-order valence-electron chi connectivity index (χ2n) is 8.11. The summed E-state index contributed by atoms with van der Waals surface area (Å²) in [6.07, 6.45) is 0.278. The molecule has 2 aromatic heterocycles. The number of amides is 4. The van der Waals surface area contributed by atoms with Gasteiger partial charge in [0.05, 0.1) is 24.6 Å². The summed E-state index contributed by atoms with van der Waals surface area (Å²) < 4.78 is 16.5. The van der Waals surface area contributed by atoms with Crippen LogP contribution in [-0.4, -0.2) is 71.3 Å². The second kappa shape index (κ2) is 9.47. The van der Waals surface area contributed by atoms with Crippen molar-refractivity contribution in [3.05, 3.63) is 53.2 Å². The Morgan fingerprint density at radius 2 is 2.11 bits per heavy atom. The van der Waals surface area contributed by atoms with Gasteiger partial charge < -0.3 is 24.1 Å². The van der Waals surface area contributed by atoms with Crippen molar-refractivity contribution in [2.24, 2.45) is 0 Å². The van der Waals surface area contributed by atoms with Crippen LogP contribution in [0.4, 0.5) is 4.79 Å². The summed E-state index contributed by atoms with van der Waals surface area (Å²) in [5, 5.41) is 12.8. The number of methoxy groups -OCH3 is 1. The van der Waals surface area contributed by atoms with Gasteiger partial charge in [-0.2, -0.15) is 0 Å². The van der Waals surface area contributed by atoms with Gasteiger partial charge in [-0.25, -0.2) is 4.79 Å². The van der Waals surface area contributed by atoms with Crippen LogP contribution in [0.15, 0.2) is 46.2 Å². The number of rotatable bonds is 8. The summed E-state index contributed by atoms with van der Waals surface area (Å²) >= 11 is 1.46. The largest absolute Gasteiger partial charge is 0.493 e. The molecular formula is C23H23N5O6S. The zero-order valence-electron chi connectivity index (χ0n) is 18.9. The smallest absolute Gasteiger partial charge is 0.325 e. The lowest BCUT2D eigenvalue weighted by Crippen LogP contribution is -2.48. The average molecular weight is 498 g/mol. The lowest BCUT2D eigenvalue weighted by atomic mass is 9.84. The molecule has 1 fully saturated rings. The topological polar surface area (TPSA) is 127 Å². The second-order valence-corrected chi connectivity index (χ2v) is 9.06. The van der Waals surface area contributed by atoms with E-state index in [4.69, 9.17) is 13.9 Å². The molecule has 1 saturated heterocycles. The van der Waals surface area contributed by atoms with Gasteiger partial charge in [-0.1, -0.05) is 24.3 Å². The standard InChI is InChI=1S/C23H23N5O6S/c1-32-11-9-27(13-18-25-26-20(34-18)17-7-4-12-35-17)19(29)14-28-21(30)23(24-22(28)31)8-10-33-16-6-3-2-5-15(16)23/h2-7,12H,8-11,13-14H2,1H3,(H,24,31)/t23-/m1/s1. The number of carbonyl (C=O) groups is 3. The van der Waals surface area contributed by atoms with Crippen molar-refractivity contribution in [2.75, 3.05) is 33.4 Å². The van der Waals surface area contributed by atoms with Crippen molar-refractivity contribution in [3.63, 3.8) is 0 Å². The number of para-hydroxylation sites is 1. The van der Waals surface area contributed by atoms with Gasteiger partial charge in [0, 0.05) is 25.6 Å². The van der Waals surface area contributed by atoms with Crippen LogP contribution in [0.3, 0.4) is 0 Å². The number of fused-ring (bicyclic) bond motifs is 2. The van der Waals surface area contributed by atoms with E-state index in [-0.39, 0.29) is 38.6 Å². The van der Waals surface area contributed by atoms with E-state index in [0.29, 0.717) is 17.2 Å². The van der Waals surface area contributed by atoms with Gasteiger partial charge in [0.25, 0.3) is 11.8 Å². The van der Waals surface area contributed by atoms with Crippen LogP contribution in [0, 0.1) is 0 Å². The molecule has 3 aromatic rings. The zero-order chi connectivity index (χ0) is 24.4. The summed E-state index contributed by atoms with van der Waals surface area (Å²) in [5.74, 6) is 0.225. The minimum absolute atomic E-state index is 0.0199. The van der Waals surface area contributed by atoms with Crippen molar-refractivity contribution < 1.29 is 28.3 Å². The van der Waals surface area contributed by atoms with Crippen LogP contribution in [0.1, 0.15) is 17.9 Å². The molecule has 2 aliphatic rings. The number of imide groups is 1. The third-order valence-electron chi connectivity index (χ3n) is 5.99. The molecule has 4 amide bonds. The highest BCUT2D eigenvalue weighted by atomic mass is 32.1. The van der Waals surface area contributed by atoms with E-state index in [0.717, 1.165) is 9.78 Å². The maximum Gasteiger partial charge on any atom is 0.325 e.